The van der Waals surface area contributed by atoms with E-state index in [9.17, 15) is 9.59 Å². The van der Waals surface area contributed by atoms with Gasteiger partial charge < -0.3 is 18.8 Å². The molecule has 2 unspecified atom stereocenters. The Bertz CT molecular complexity index is 906. The van der Waals surface area contributed by atoms with Gasteiger partial charge in [0.2, 0.25) is 5.91 Å². The first-order valence-corrected chi connectivity index (χ1v) is 15.9. The van der Waals surface area contributed by atoms with Gasteiger partial charge in [-0.15, -0.1) is 0 Å². The number of nitrogens with zero attached hydrogens (tertiary/aromatic N) is 1. The molecule has 0 heterocycles. The summed E-state index contributed by atoms with van der Waals surface area (Å²) in [5.74, 6) is -0.680. The first-order valence-electron chi connectivity index (χ1n) is 11.5. The summed E-state index contributed by atoms with van der Waals surface area (Å²) < 4.78 is 18.0. The smallest absolute Gasteiger partial charge is 0.302 e. The Morgan fingerprint density at radius 3 is 1.97 bits per heavy atom. The summed E-state index contributed by atoms with van der Waals surface area (Å²) in [6.45, 7) is 12.0. The highest BCUT2D eigenvalue weighted by Crippen LogP contribution is 2.31. The van der Waals surface area contributed by atoms with Crippen LogP contribution in [0.25, 0.3) is 0 Å². The van der Waals surface area contributed by atoms with Gasteiger partial charge in [-0.25, -0.2) is 0 Å². The fourth-order valence-electron chi connectivity index (χ4n) is 3.61. The third-order valence-corrected chi connectivity index (χ3v) is 7.13. The summed E-state index contributed by atoms with van der Waals surface area (Å²) in [6, 6.07) is 19.6. The van der Waals surface area contributed by atoms with Gasteiger partial charge in [-0.3, -0.25) is 9.59 Å². The van der Waals surface area contributed by atoms with E-state index in [0.717, 1.165) is 11.1 Å². The van der Waals surface area contributed by atoms with Gasteiger partial charge in [0, 0.05) is 19.1 Å². The van der Waals surface area contributed by atoms with Crippen molar-refractivity contribution in [2.24, 2.45) is 0 Å². The van der Waals surface area contributed by atoms with Crippen molar-refractivity contribution in [2.75, 3.05) is 13.2 Å². The largest absolute Gasteiger partial charge is 0.461 e. The van der Waals surface area contributed by atoms with E-state index in [0.29, 0.717) is 6.61 Å². The number of carbonyl (C=O) groups excluding carboxylic acids is 2. The molecule has 6 nitrogen and oxygen atoms in total. The summed E-state index contributed by atoms with van der Waals surface area (Å²) in [7, 11) is -1.97. The lowest BCUT2D eigenvalue weighted by molar-refractivity contribution is -0.154. The van der Waals surface area contributed by atoms with Crippen LogP contribution in [0, 0.1) is 0 Å². The van der Waals surface area contributed by atoms with Crippen LogP contribution in [0.15, 0.2) is 60.7 Å². The van der Waals surface area contributed by atoms with E-state index in [1.807, 2.05) is 67.6 Å². The first kappa shape index (κ1) is 28.2. The number of carbonyl (C=O) groups is 2. The Morgan fingerprint density at radius 1 is 0.971 bits per heavy atom. The molecule has 8 heteroatoms. The number of hydrogen-bond donors (Lipinski definition) is 0. The number of rotatable bonds is 12. The van der Waals surface area contributed by atoms with Gasteiger partial charge in [-0.2, -0.15) is 0 Å². The van der Waals surface area contributed by atoms with Crippen LogP contribution >= 0.6 is 15.9 Å². The fourth-order valence-corrected chi connectivity index (χ4v) is 5.04. The number of benzene rings is 2. The summed E-state index contributed by atoms with van der Waals surface area (Å²) in [5, 5.41) is 0. The maximum atomic E-state index is 13.9. The molecular formula is C26H36BrNO5Si. The van der Waals surface area contributed by atoms with Crippen molar-refractivity contribution in [3.63, 3.8) is 0 Å². The highest BCUT2D eigenvalue weighted by atomic mass is 79.9. The zero-order valence-corrected chi connectivity index (χ0v) is 23.4. The molecule has 2 aromatic carbocycles. The normalized spacial score (nSPS) is 15.1. The number of amides is 1. The maximum absolute atomic E-state index is 13.9. The number of alkyl halides is 1. The van der Waals surface area contributed by atoms with Gasteiger partial charge in [0.1, 0.15) is 10.9 Å². The molecule has 0 spiro atoms. The molecule has 0 fully saturated rings. The Hall–Kier alpha value is -2.00. The molecule has 0 saturated carbocycles. The highest BCUT2D eigenvalue weighted by molar-refractivity contribution is 9.10. The molecule has 4 atom stereocenters. The lowest BCUT2D eigenvalue weighted by Crippen LogP contribution is -2.47. The predicted octanol–water partition coefficient (Wildman–Crippen LogP) is 5.86. The van der Waals surface area contributed by atoms with Gasteiger partial charge in [0.15, 0.2) is 14.5 Å². The van der Waals surface area contributed by atoms with E-state index in [2.05, 4.69) is 35.6 Å². The molecule has 1 amide bonds. The molecule has 186 valence electrons. The summed E-state index contributed by atoms with van der Waals surface area (Å²) in [4.78, 5) is 26.3. The van der Waals surface area contributed by atoms with E-state index in [-0.39, 0.29) is 18.6 Å². The predicted molar refractivity (Wildman–Crippen MR) is 140 cm³/mol. The van der Waals surface area contributed by atoms with E-state index < -0.39 is 31.4 Å². The quantitative estimate of drug-likeness (QED) is 0.143. The van der Waals surface area contributed by atoms with Crippen LogP contribution < -0.4 is 0 Å². The Labute approximate surface area is 212 Å². The van der Waals surface area contributed by atoms with Crippen LogP contribution in [-0.4, -0.2) is 49.2 Å². The van der Waals surface area contributed by atoms with Crippen LogP contribution in [0.1, 0.15) is 44.2 Å². The third kappa shape index (κ3) is 8.65. The molecule has 0 aliphatic carbocycles. The van der Waals surface area contributed by atoms with Crippen molar-refractivity contribution in [1.82, 2.24) is 4.90 Å². The average Bonchev–Trinajstić information content (AvgIpc) is 2.79. The van der Waals surface area contributed by atoms with E-state index in [1.54, 1.807) is 11.8 Å². The summed E-state index contributed by atoms with van der Waals surface area (Å²) in [6.07, 6.45) is -1.62. The molecule has 0 aromatic heterocycles. The van der Waals surface area contributed by atoms with Gasteiger partial charge in [0.25, 0.3) is 0 Å². The molecular weight excluding hydrogens is 514 g/mol. The van der Waals surface area contributed by atoms with Crippen LogP contribution in [0.2, 0.25) is 19.6 Å². The fraction of sp³-hybridized carbons (Fsp3) is 0.462. The number of ether oxygens (including phenoxy) is 2. The second-order valence-corrected chi connectivity index (χ2v) is 14.5. The van der Waals surface area contributed by atoms with Gasteiger partial charge in [0.05, 0.1) is 12.6 Å². The minimum atomic E-state index is -1.97. The third-order valence-electron chi connectivity index (χ3n) is 5.01. The van der Waals surface area contributed by atoms with Crippen molar-refractivity contribution in [3.8, 4) is 0 Å². The molecule has 0 aliphatic heterocycles. The summed E-state index contributed by atoms with van der Waals surface area (Å²) in [5.41, 5.74) is 1.85. The van der Waals surface area contributed by atoms with Crippen LogP contribution in [0.3, 0.4) is 0 Å². The lowest BCUT2D eigenvalue weighted by atomic mass is 10.1. The van der Waals surface area contributed by atoms with Crippen LogP contribution in [0.4, 0.5) is 0 Å². The molecule has 0 radical (unpaired) electrons. The number of esters is 1. The lowest BCUT2D eigenvalue weighted by Gasteiger charge is -2.38. The Kier molecular flexibility index (Phi) is 10.9. The molecule has 0 saturated heterocycles. The van der Waals surface area contributed by atoms with Crippen molar-refractivity contribution >= 4 is 36.1 Å². The van der Waals surface area contributed by atoms with E-state index in [1.165, 1.54) is 6.92 Å². The van der Waals surface area contributed by atoms with Gasteiger partial charge in [-0.05, 0) is 39.1 Å². The molecule has 0 N–H and O–H groups in total. The molecule has 0 bridgehead atoms. The minimum absolute atomic E-state index is 0.240. The number of halogens is 1. The second-order valence-electron chi connectivity index (χ2n) is 9.05. The Morgan fingerprint density at radius 2 is 1.50 bits per heavy atom. The van der Waals surface area contributed by atoms with Gasteiger partial charge in [-0.1, -0.05) is 76.6 Å². The number of hydrogen-bond acceptors (Lipinski definition) is 5. The average molecular weight is 551 g/mol. The SMILES string of the molecule is CCOC(c1ccccc1)N(CC(O[Si](C)(C)C)c1ccccc1)C(=O)[C@@H](Br)[C@@H](C)OC(C)=O. The van der Waals surface area contributed by atoms with Crippen LogP contribution in [-0.2, 0) is 23.5 Å². The van der Waals surface area contributed by atoms with Crippen molar-refractivity contribution < 1.29 is 23.5 Å². The first-order chi connectivity index (χ1) is 16.0. The van der Waals surface area contributed by atoms with Crippen molar-refractivity contribution in [1.29, 1.82) is 0 Å². The minimum Gasteiger partial charge on any atom is -0.461 e. The highest BCUT2D eigenvalue weighted by Gasteiger charge is 2.36. The van der Waals surface area contributed by atoms with Crippen LogP contribution in [0.5, 0.6) is 0 Å². The van der Waals surface area contributed by atoms with Crippen molar-refractivity contribution in [3.05, 3.63) is 71.8 Å². The van der Waals surface area contributed by atoms with E-state index in [4.69, 9.17) is 13.9 Å². The van der Waals surface area contributed by atoms with E-state index >= 15 is 0 Å². The molecule has 0 aliphatic rings. The second kappa shape index (κ2) is 13.2. The zero-order chi connectivity index (χ0) is 25.3. The summed E-state index contributed by atoms with van der Waals surface area (Å²) >= 11 is 3.48. The van der Waals surface area contributed by atoms with Crippen molar-refractivity contribution in [2.45, 2.75) is 63.7 Å². The standard InChI is InChI=1S/C26H36BrNO5Si/c1-7-31-26(22-16-12-9-13-17-22)28(25(30)24(27)19(2)32-20(3)29)18-23(33-34(4,5)6)21-14-10-8-11-15-21/h8-17,19,23-24,26H,7,18H2,1-6H3/t19-,23?,24+,26?/m1/s1. The van der Waals surface area contributed by atoms with Gasteiger partial charge >= 0.3 is 5.97 Å². The Balaban J connectivity index is 2.51. The maximum Gasteiger partial charge on any atom is 0.302 e. The monoisotopic (exact) mass is 549 g/mol. The topological polar surface area (TPSA) is 65.1 Å². The molecule has 2 aromatic rings. The molecule has 2 rings (SSSR count). The zero-order valence-electron chi connectivity index (χ0n) is 20.9. The molecule has 34 heavy (non-hydrogen) atoms.